The summed E-state index contributed by atoms with van der Waals surface area (Å²) in [5.41, 5.74) is 2.43. The molecule has 0 amide bonds. The normalized spacial score (nSPS) is 20.4. The van der Waals surface area contributed by atoms with Gasteiger partial charge in [0.05, 0.1) is 16.8 Å². The van der Waals surface area contributed by atoms with Gasteiger partial charge in [0.1, 0.15) is 0 Å². The Morgan fingerprint density at radius 1 is 1.55 bits per heavy atom. The van der Waals surface area contributed by atoms with E-state index in [1.165, 1.54) is 36.4 Å². The van der Waals surface area contributed by atoms with E-state index in [4.69, 9.17) is 0 Å². The number of hydrogen-bond donors (Lipinski definition) is 2. The van der Waals surface area contributed by atoms with Gasteiger partial charge in [-0.3, -0.25) is 5.10 Å². The molecule has 1 saturated heterocycles. The Morgan fingerprint density at radius 3 is 3.30 bits per heavy atom. The van der Waals surface area contributed by atoms with E-state index in [0.717, 1.165) is 18.8 Å². The number of nitrogens with one attached hydrogen (secondary N) is 2. The molecule has 1 atom stereocenters. The predicted octanol–water partition coefficient (Wildman–Crippen LogP) is 2.71. The molecule has 1 aliphatic rings. The van der Waals surface area contributed by atoms with E-state index in [-0.39, 0.29) is 0 Å². The zero-order valence-electron chi connectivity index (χ0n) is 11.9. The molecule has 3 heterocycles. The molecule has 1 fully saturated rings. The Hall–Kier alpha value is -1.17. The van der Waals surface area contributed by atoms with E-state index in [0.29, 0.717) is 6.04 Å². The second kappa shape index (κ2) is 6.52. The van der Waals surface area contributed by atoms with Crippen LogP contribution in [0, 0.1) is 0 Å². The third-order valence-corrected chi connectivity index (χ3v) is 4.91. The number of hydrogen-bond acceptors (Lipinski definition) is 4. The van der Waals surface area contributed by atoms with Gasteiger partial charge >= 0.3 is 0 Å². The number of likely N-dealkylation sites (tertiary alicyclic amines) is 1. The SMILES string of the molecule is CCN1CCCC(NCc2cn[nH]c2-c2cccs2)C1. The lowest BCUT2D eigenvalue weighted by Gasteiger charge is -2.32. The number of aromatic nitrogens is 2. The molecular weight excluding hydrogens is 268 g/mol. The molecule has 0 aliphatic carbocycles. The molecule has 2 aromatic rings. The molecule has 1 unspecified atom stereocenters. The third kappa shape index (κ3) is 3.11. The first-order valence-corrected chi connectivity index (χ1v) is 8.26. The molecule has 0 radical (unpaired) electrons. The third-order valence-electron chi connectivity index (χ3n) is 4.02. The number of rotatable bonds is 5. The number of aromatic amines is 1. The van der Waals surface area contributed by atoms with Crippen molar-refractivity contribution in [2.45, 2.75) is 32.4 Å². The van der Waals surface area contributed by atoms with Gasteiger partial charge in [0.15, 0.2) is 0 Å². The van der Waals surface area contributed by atoms with Crippen LogP contribution < -0.4 is 5.32 Å². The van der Waals surface area contributed by atoms with Crippen LogP contribution in [0.15, 0.2) is 23.7 Å². The van der Waals surface area contributed by atoms with Crippen LogP contribution in [0.25, 0.3) is 10.6 Å². The van der Waals surface area contributed by atoms with Crippen LogP contribution in [-0.2, 0) is 6.54 Å². The van der Waals surface area contributed by atoms with Gasteiger partial charge in [-0.1, -0.05) is 13.0 Å². The monoisotopic (exact) mass is 290 g/mol. The highest BCUT2D eigenvalue weighted by atomic mass is 32.1. The van der Waals surface area contributed by atoms with Crippen LogP contribution >= 0.6 is 11.3 Å². The first kappa shape index (κ1) is 13.8. The highest BCUT2D eigenvalue weighted by Gasteiger charge is 2.18. The standard InChI is InChI=1S/C15H22N4S/c1-2-19-7-3-5-13(11-19)16-9-12-10-17-18-15(12)14-6-4-8-20-14/h4,6,8,10,13,16H,2-3,5,7,9,11H2,1H3,(H,17,18). The summed E-state index contributed by atoms with van der Waals surface area (Å²) >= 11 is 1.75. The largest absolute Gasteiger partial charge is 0.309 e. The highest BCUT2D eigenvalue weighted by Crippen LogP contribution is 2.25. The molecule has 5 heteroatoms. The Balaban J connectivity index is 1.60. The molecule has 0 spiro atoms. The summed E-state index contributed by atoms with van der Waals surface area (Å²) in [5.74, 6) is 0. The first-order valence-electron chi connectivity index (χ1n) is 7.38. The molecule has 2 N–H and O–H groups in total. The molecule has 3 rings (SSSR count). The highest BCUT2D eigenvalue weighted by molar-refractivity contribution is 7.13. The molecule has 1 aliphatic heterocycles. The van der Waals surface area contributed by atoms with Gasteiger partial charge in [0.25, 0.3) is 0 Å². The summed E-state index contributed by atoms with van der Waals surface area (Å²) in [6.07, 6.45) is 4.53. The van der Waals surface area contributed by atoms with Crippen LogP contribution in [0.3, 0.4) is 0 Å². The van der Waals surface area contributed by atoms with Crippen LogP contribution in [0.1, 0.15) is 25.3 Å². The average Bonchev–Trinajstić information content (AvgIpc) is 3.16. The van der Waals surface area contributed by atoms with Gasteiger partial charge in [0.2, 0.25) is 0 Å². The van der Waals surface area contributed by atoms with Crippen molar-refractivity contribution < 1.29 is 0 Å². The van der Waals surface area contributed by atoms with Crippen molar-refractivity contribution >= 4 is 11.3 Å². The summed E-state index contributed by atoms with van der Waals surface area (Å²) in [7, 11) is 0. The van der Waals surface area contributed by atoms with Crippen molar-refractivity contribution in [3.63, 3.8) is 0 Å². The summed E-state index contributed by atoms with van der Waals surface area (Å²) in [4.78, 5) is 3.79. The van der Waals surface area contributed by atoms with Gasteiger partial charge in [-0.15, -0.1) is 11.3 Å². The Labute approximate surface area is 124 Å². The predicted molar refractivity (Wildman–Crippen MR) is 83.9 cm³/mol. The van der Waals surface area contributed by atoms with Gasteiger partial charge in [-0.05, 0) is 37.4 Å². The number of nitrogens with zero attached hydrogens (tertiary/aromatic N) is 2. The van der Waals surface area contributed by atoms with Crippen molar-refractivity contribution in [1.29, 1.82) is 0 Å². The van der Waals surface area contributed by atoms with Crippen LogP contribution in [0.5, 0.6) is 0 Å². The van der Waals surface area contributed by atoms with Crippen LogP contribution in [-0.4, -0.2) is 40.8 Å². The Kier molecular flexibility index (Phi) is 4.50. The Morgan fingerprint density at radius 2 is 2.50 bits per heavy atom. The zero-order chi connectivity index (χ0) is 13.8. The average molecular weight is 290 g/mol. The van der Waals surface area contributed by atoms with E-state index in [1.54, 1.807) is 11.3 Å². The van der Waals surface area contributed by atoms with Crippen LogP contribution in [0.2, 0.25) is 0 Å². The summed E-state index contributed by atoms with van der Waals surface area (Å²) in [6, 6.07) is 4.83. The second-order valence-electron chi connectivity index (χ2n) is 5.36. The topological polar surface area (TPSA) is 44.0 Å². The number of thiophene rings is 1. The van der Waals surface area contributed by atoms with Crippen LogP contribution in [0.4, 0.5) is 0 Å². The van der Waals surface area contributed by atoms with E-state index < -0.39 is 0 Å². The van der Waals surface area contributed by atoms with Crippen molar-refractivity contribution in [3.05, 3.63) is 29.3 Å². The molecular formula is C15H22N4S. The molecule has 4 nitrogen and oxygen atoms in total. The molecule has 0 bridgehead atoms. The molecule has 108 valence electrons. The maximum atomic E-state index is 4.20. The molecule has 2 aromatic heterocycles. The maximum absolute atomic E-state index is 4.20. The van der Waals surface area contributed by atoms with Crippen molar-refractivity contribution in [1.82, 2.24) is 20.4 Å². The lowest BCUT2D eigenvalue weighted by Crippen LogP contribution is -2.45. The second-order valence-corrected chi connectivity index (χ2v) is 6.31. The quantitative estimate of drug-likeness (QED) is 0.890. The number of piperidine rings is 1. The Bertz CT molecular complexity index is 520. The summed E-state index contributed by atoms with van der Waals surface area (Å²) in [6.45, 7) is 6.72. The first-order chi connectivity index (χ1) is 9.86. The number of H-pyrrole nitrogens is 1. The fourth-order valence-electron chi connectivity index (χ4n) is 2.84. The molecule has 20 heavy (non-hydrogen) atoms. The van der Waals surface area contributed by atoms with Gasteiger partial charge in [-0.25, -0.2) is 0 Å². The summed E-state index contributed by atoms with van der Waals surface area (Å²) < 4.78 is 0. The van der Waals surface area contributed by atoms with E-state index in [2.05, 4.69) is 44.9 Å². The fraction of sp³-hybridized carbons (Fsp3) is 0.533. The van der Waals surface area contributed by atoms with E-state index in [1.807, 2.05) is 6.20 Å². The summed E-state index contributed by atoms with van der Waals surface area (Å²) in [5, 5.41) is 13.1. The molecule has 0 aromatic carbocycles. The maximum Gasteiger partial charge on any atom is 0.0794 e. The minimum atomic E-state index is 0.606. The smallest absolute Gasteiger partial charge is 0.0794 e. The van der Waals surface area contributed by atoms with Crippen molar-refractivity contribution in [2.24, 2.45) is 0 Å². The van der Waals surface area contributed by atoms with Crippen molar-refractivity contribution in [3.8, 4) is 10.6 Å². The van der Waals surface area contributed by atoms with Gasteiger partial charge in [-0.2, -0.15) is 5.10 Å². The van der Waals surface area contributed by atoms with Gasteiger partial charge in [0, 0.05) is 24.7 Å². The fourth-order valence-corrected chi connectivity index (χ4v) is 3.60. The lowest BCUT2D eigenvalue weighted by molar-refractivity contribution is 0.198. The van der Waals surface area contributed by atoms with E-state index >= 15 is 0 Å². The van der Waals surface area contributed by atoms with Gasteiger partial charge < -0.3 is 10.2 Å². The number of likely N-dealkylation sites (N-methyl/N-ethyl adjacent to an activating group) is 1. The zero-order valence-corrected chi connectivity index (χ0v) is 12.7. The minimum absolute atomic E-state index is 0.606. The lowest BCUT2D eigenvalue weighted by atomic mass is 10.1. The van der Waals surface area contributed by atoms with Crippen molar-refractivity contribution in [2.75, 3.05) is 19.6 Å². The molecule has 0 saturated carbocycles. The van der Waals surface area contributed by atoms with E-state index in [9.17, 15) is 0 Å². The minimum Gasteiger partial charge on any atom is -0.309 e.